The molecule has 0 fully saturated rings. The van der Waals surface area contributed by atoms with E-state index in [0.717, 1.165) is 11.1 Å². The predicted octanol–water partition coefficient (Wildman–Crippen LogP) is 0.991. The zero-order valence-corrected chi connectivity index (χ0v) is 10.1. The molecule has 0 atom stereocenters. The fourth-order valence-corrected chi connectivity index (χ4v) is 1.32. The number of amides is 1. The normalized spacial score (nSPS) is 11.4. The van der Waals surface area contributed by atoms with Gasteiger partial charge in [-0.3, -0.25) is 9.78 Å². The maximum absolute atomic E-state index is 11.1. The average Bonchev–Trinajstić information content (AvgIpc) is 2.17. The largest absolute Gasteiger partial charge is 0.369 e. The van der Waals surface area contributed by atoms with Crippen LogP contribution in [0.2, 0.25) is 0 Å². The molecular weight excluding hydrogens is 202 g/mol. The summed E-state index contributed by atoms with van der Waals surface area (Å²) in [4.78, 5) is 15.2. The van der Waals surface area contributed by atoms with Crippen molar-refractivity contribution in [2.45, 2.75) is 27.3 Å². The van der Waals surface area contributed by atoms with Crippen LogP contribution >= 0.6 is 0 Å². The van der Waals surface area contributed by atoms with E-state index in [1.807, 2.05) is 33.2 Å². The summed E-state index contributed by atoms with van der Waals surface area (Å²) in [5.41, 5.74) is 7.01. The SMILES string of the molecule is Cc1cncc(CNCC(C)(C)C(N)=O)c1. The van der Waals surface area contributed by atoms with Crippen molar-refractivity contribution < 1.29 is 4.79 Å². The fraction of sp³-hybridized carbons (Fsp3) is 0.500. The van der Waals surface area contributed by atoms with Gasteiger partial charge in [-0.1, -0.05) is 6.07 Å². The highest BCUT2D eigenvalue weighted by atomic mass is 16.1. The van der Waals surface area contributed by atoms with Crippen molar-refractivity contribution >= 4 is 5.91 Å². The Balaban J connectivity index is 2.45. The lowest BCUT2D eigenvalue weighted by Gasteiger charge is -2.20. The van der Waals surface area contributed by atoms with Gasteiger partial charge in [0.1, 0.15) is 0 Å². The van der Waals surface area contributed by atoms with Crippen LogP contribution in [0.5, 0.6) is 0 Å². The number of nitrogens with one attached hydrogen (secondary N) is 1. The summed E-state index contributed by atoms with van der Waals surface area (Å²) in [6.45, 7) is 6.93. The quantitative estimate of drug-likeness (QED) is 0.779. The van der Waals surface area contributed by atoms with Gasteiger partial charge in [0.2, 0.25) is 5.91 Å². The third kappa shape index (κ3) is 3.62. The summed E-state index contributed by atoms with van der Waals surface area (Å²) in [5.74, 6) is -0.289. The highest BCUT2D eigenvalue weighted by Crippen LogP contribution is 2.12. The van der Waals surface area contributed by atoms with Gasteiger partial charge in [-0.25, -0.2) is 0 Å². The van der Waals surface area contributed by atoms with Gasteiger partial charge in [0.15, 0.2) is 0 Å². The van der Waals surface area contributed by atoms with Crippen molar-refractivity contribution in [1.82, 2.24) is 10.3 Å². The number of pyridine rings is 1. The Morgan fingerprint density at radius 3 is 2.75 bits per heavy atom. The van der Waals surface area contributed by atoms with Crippen LogP contribution in [0.25, 0.3) is 0 Å². The van der Waals surface area contributed by atoms with Crippen LogP contribution in [-0.2, 0) is 11.3 Å². The van der Waals surface area contributed by atoms with Crippen molar-refractivity contribution in [2.75, 3.05) is 6.54 Å². The Bertz CT molecular complexity index is 374. The molecule has 1 aromatic heterocycles. The van der Waals surface area contributed by atoms with Crippen LogP contribution in [-0.4, -0.2) is 17.4 Å². The minimum absolute atomic E-state index is 0.289. The first-order valence-electron chi connectivity index (χ1n) is 5.33. The van der Waals surface area contributed by atoms with Crippen molar-refractivity contribution in [3.05, 3.63) is 29.6 Å². The van der Waals surface area contributed by atoms with E-state index in [1.54, 1.807) is 0 Å². The molecule has 0 aromatic carbocycles. The summed E-state index contributed by atoms with van der Waals surface area (Å²) >= 11 is 0. The lowest BCUT2D eigenvalue weighted by atomic mass is 9.93. The molecule has 4 heteroatoms. The van der Waals surface area contributed by atoms with E-state index in [1.165, 1.54) is 0 Å². The number of primary amides is 1. The van der Waals surface area contributed by atoms with Crippen LogP contribution < -0.4 is 11.1 Å². The van der Waals surface area contributed by atoms with E-state index in [4.69, 9.17) is 5.73 Å². The lowest BCUT2D eigenvalue weighted by Crippen LogP contribution is -2.40. The topological polar surface area (TPSA) is 68.0 Å². The molecule has 4 nitrogen and oxygen atoms in total. The van der Waals surface area contributed by atoms with Crippen molar-refractivity contribution in [3.8, 4) is 0 Å². The van der Waals surface area contributed by atoms with Crippen LogP contribution in [0.15, 0.2) is 18.5 Å². The molecule has 0 unspecified atom stereocenters. The molecule has 0 bridgehead atoms. The van der Waals surface area contributed by atoms with E-state index >= 15 is 0 Å². The second-order valence-electron chi connectivity index (χ2n) is 4.72. The highest BCUT2D eigenvalue weighted by molar-refractivity contribution is 5.80. The molecule has 0 saturated carbocycles. The number of hydrogen-bond donors (Lipinski definition) is 2. The molecule has 1 rings (SSSR count). The first kappa shape index (κ1) is 12.6. The molecule has 1 aromatic rings. The molecule has 0 aliphatic carbocycles. The van der Waals surface area contributed by atoms with E-state index in [-0.39, 0.29) is 5.91 Å². The van der Waals surface area contributed by atoms with Gasteiger partial charge < -0.3 is 11.1 Å². The summed E-state index contributed by atoms with van der Waals surface area (Å²) in [6.07, 6.45) is 3.63. The van der Waals surface area contributed by atoms with Crippen molar-refractivity contribution in [1.29, 1.82) is 0 Å². The molecule has 3 N–H and O–H groups in total. The molecule has 0 radical (unpaired) electrons. The molecule has 88 valence electrons. The molecule has 0 aliphatic heterocycles. The highest BCUT2D eigenvalue weighted by Gasteiger charge is 2.23. The maximum atomic E-state index is 11.1. The van der Waals surface area contributed by atoms with Gasteiger partial charge in [0.05, 0.1) is 5.41 Å². The van der Waals surface area contributed by atoms with Crippen LogP contribution in [0, 0.1) is 12.3 Å². The molecular formula is C12H19N3O. The summed E-state index contributed by atoms with van der Waals surface area (Å²) in [6, 6.07) is 2.07. The van der Waals surface area contributed by atoms with E-state index in [0.29, 0.717) is 13.1 Å². The maximum Gasteiger partial charge on any atom is 0.224 e. The number of nitrogens with zero attached hydrogens (tertiary/aromatic N) is 1. The number of rotatable bonds is 5. The van der Waals surface area contributed by atoms with Crippen molar-refractivity contribution in [3.63, 3.8) is 0 Å². The van der Waals surface area contributed by atoms with Crippen molar-refractivity contribution in [2.24, 2.45) is 11.1 Å². The second-order valence-corrected chi connectivity index (χ2v) is 4.72. The summed E-state index contributed by atoms with van der Waals surface area (Å²) in [5, 5.41) is 3.21. The Morgan fingerprint density at radius 1 is 1.50 bits per heavy atom. The fourth-order valence-electron chi connectivity index (χ4n) is 1.32. The monoisotopic (exact) mass is 221 g/mol. The number of hydrogen-bond acceptors (Lipinski definition) is 3. The first-order chi connectivity index (χ1) is 7.42. The van der Waals surface area contributed by atoms with Gasteiger partial charge in [-0.05, 0) is 31.9 Å². The smallest absolute Gasteiger partial charge is 0.224 e. The number of aryl methyl sites for hydroxylation is 1. The van der Waals surface area contributed by atoms with Gasteiger partial charge in [0.25, 0.3) is 0 Å². The Kier molecular flexibility index (Phi) is 4.01. The minimum Gasteiger partial charge on any atom is -0.369 e. The van der Waals surface area contributed by atoms with E-state index in [9.17, 15) is 4.79 Å². The molecule has 16 heavy (non-hydrogen) atoms. The van der Waals surface area contributed by atoms with Crippen LogP contribution in [0.1, 0.15) is 25.0 Å². The summed E-state index contributed by atoms with van der Waals surface area (Å²) < 4.78 is 0. The van der Waals surface area contributed by atoms with E-state index in [2.05, 4.69) is 16.4 Å². The Labute approximate surface area is 96.3 Å². The number of carbonyl (C=O) groups is 1. The lowest BCUT2D eigenvalue weighted by molar-refractivity contribution is -0.125. The predicted molar refractivity (Wildman–Crippen MR) is 63.7 cm³/mol. The number of carbonyl (C=O) groups excluding carboxylic acids is 1. The Hall–Kier alpha value is -1.42. The van der Waals surface area contributed by atoms with Gasteiger partial charge >= 0.3 is 0 Å². The average molecular weight is 221 g/mol. The van der Waals surface area contributed by atoms with Gasteiger partial charge in [0, 0.05) is 25.5 Å². The Morgan fingerprint density at radius 2 is 2.19 bits per heavy atom. The number of nitrogens with two attached hydrogens (primary N) is 1. The number of aromatic nitrogens is 1. The second kappa shape index (κ2) is 5.07. The molecule has 1 heterocycles. The summed E-state index contributed by atoms with van der Waals surface area (Å²) in [7, 11) is 0. The van der Waals surface area contributed by atoms with E-state index < -0.39 is 5.41 Å². The first-order valence-corrected chi connectivity index (χ1v) is 5.33. The van der Waals surface area contributed by atoms with Crippen LogP contribution in [0.3, 0.4) is 0 Å². The third-order valence-corrected chi connectivity index (χ3v) is 2.49. The zero-order chi connectivity index (χ0) is 12.2. The molecule has 0 spiro atoms. The molecule has 0 aliphatic rings. The zero-order valence-electron chi connectivity index (χ0n) is 10.1. The molecule has 0 saturated heterocycles. The minimum atomic E-state index is -0.517. The third-order valence-electron chi connectivity index (χ3n) is 2.49. The van der Waals surface area contributed by atoms with Gasteiger partial charge in [-0.15, -0.1) is 0 Å². The molecule has 1 amide bonds. The van der Waals surface area contributed by atoms with Crippen LogP contribution in [0.4, 0.5) is 0 Å². The van der Waals surface area contributed by atoms with Gasteiger partial charge in [-0.2, -0.15) is 0 Å². The standard InChI is InChI=1S/C12H19N3O/c1-9-4-10(6-14-5-9)7-15-8-12(2,3)11(13)16/h4-6,15H,7-8H2,1-3H3,(H2,13,16).